The number of thiophene rings is 1. The Morgan fingerprint density at radius 3 is 2.60 bits per heavy atom. The second-order valence-electron chi connectivity index (χ2n) is 7.38. The molecule has 3 heterocycles. The van der Waals surface area contributed by atoms with Crippen LogP contribution in [0.5, 0.6) is 0 Å². The molecule has 0 aliphatic carbocycles. The van der Waals surface area contributed by atoms with Gasteiger partial charge in [0.1, 0.15) is 0 Å². The highest BCUT2D eigenvalue weighted by atomic mass is 32.1. The predicted octanol–water partition coefficient (Wildman–Crippen LogP) is 2.60. The summed E-state index contributed by atoms with van der Waals surface area (Å²) in [5.41, 5.74) is 0.535. The van der Waals surface area contributed by atoms with Crippen molar-refractivity contribution in [2.24, 2.45) is 0 Å². The van der Waals surface area contributed by atoms with Crippen LogP contribution in [0, 0.1) is 0 Å². The molecule has 0 bridgehead atoms. The molecule has 0 radical (unpaired) electrons. The van der Waals surface area contributed by atoms with E-state index in [1.54, 1.807) is 29.3 Å². The SMILES string of the molecule is O=C(Cc1ccccn1)N[C@]1(c2ccccc2)CCN(C(=O)c2cccs2)C[C@H]1O. The number of nitrogens with zero attached hydrogens (tertiary/aromatic N) is 2. The first-order chi connectivity index (χ1) is 14.6. The smallest absolute Gasteiger partial charge is 0.264 e. The number of hydrogen-bond donors (Lipinski definition) is 2. The van der Waals surface area contributed by atoms with Crippen molar-refractivity contribution in [3.63, 3.8) is 0 Å². The van der Waals surface area contributed by atoms with Crippen molar-refractivity contribution in [1.29, 1.82) is 0 Å². The van der Waals surface area contributed by atoms with Crippen LogP contribution in [0.3, 0.4) is 0 Å². The van der Waals surface area contributed by atoms with Gasteiger partial charge in [-0.25, -0.2) is 0 Å². The normalized spacial score (nSPS) is 21.2. The van der Waals surface area contributed by atoms with E-state index < -0.39 is 11.6 Å². The average Bonchev–Trinajstić information content (AvgIpc) is 3.31. The molecule has 2 amide bonds. The Morgan fingerprint density at radius 1 is 1.13 bits per heavy atom. The number of carbonyl (C=O) groups excluding carboxylic acids is 2. The standard InChI is InChI=1S/C23H23N3O3S/c27-20-16-26(22(29)19-10-6-14-30-19)13-11-23(20,17-7-2-1-3-8-17)25-21(28)15-18-9-4-5-12-24-18/h1-10,12,14,20,27H,11,13,15-16H2,(H,25,28)/t20-,23+/m1/s1. The van der Waals surface area contributed by atoms with Crippen LogP contribution in [0.1, 0.15) is 27.3 Å². The van der Waals surface area contributed by atoms with Crippen molar-refractivity contribution >= 4 is 23.2 Å². The van der Waals surface area contributed by atoms with Crippen molar-refractivity contribution in [1.82, 2.24) is 15.2 Å². The van der Waals surface area contributed by atoms with E-state index in [0.717, 1.165) is 5.56 Å². The van der Waals surface area contributed by atoms with Crippen LogP contribution in [-0.4, -0.2) is 46.0 Å². The molecule has 2 aromatic heterocycles. The summed E-state index contributed by atoms with van der Waals surface area (Å²) in [4.78, 5) is 32.1. The van der Waals surface area contributed by atoms with Gasteiger partial charge in [0.05, 0.1) is 22.9 Å². The van der Waals surface area contributed by atoms with E-state index in [0.29, 0.717) is 23.5 Å². The quantitative estimate of drug-likeness (QED) is 0.664. The van der Waals surface area contributed by atoms with E-state index in [4.69, 9.17) is 0 Å². The number of likely N-dealkylation sites (tertiary alicyclic amines) is 1. The van der Waals surface area contributed by atoms with Gasteiger partial charge in [-0.3, -0.25) is 14.6 Å². The third-order valence-electron chi connectivity index (χ3n) is 5.48. The number of carbonyl (C=O) groups is 2. The Labute approximate surface area is 179 Å². The van der Waals surface area contributed by atoms with Crippen LogP contribution in [0.2, 0.25) is 0 Å². The second-order valence-corrected chi connectivity index (χ2v) is 8.33. The minimum Gasteiger partial charge on any atom is -0.388 e. The zero-order valence-electron chi connectivity index (χ0n) is 16.4. The van der Waals surface area contributed by atoms with Gasteiger partial charge < -0.3 is 15.3 Å². The van der Waals surface area contributed by atoms with Gasteiger partial charge in [-0.1, -0.05) is 42.5 Å². The van der Waals surface area contributed by atoms with E-state index in [9.17, 15) is 14.7 Å². The minimum atomic E-state index is -0.959. The summed E-state index contributed by atoms with van der Waals surface area (Å²) in [6, 6.07) is 18.5. The number of rotatable bonds is 5. The Balaban J connectivity index is 1.56. The molecule has 7 heteroatoms. The number of aliphatic hydroxyl groups excluding tert-OH is 1. The van der Waals surface area contributed by atoms with Crippen molar-refractivity contribution < 1.29 is 14.7 Å². The fraction of sp³-hybridized carbons (Fsp3) is 0.261. The Kier molecular flexibility index (Phi) is 5.92. The van der Waals surface area contributed by atoms with Crippen LogP contribution in [-0.2, 0) is 16.8 Å². The molecule has 0 unspecified atom stereocenters. The first kappa shape index (κ1) is 20.3. The van der Waals surface area contributed by atoms with Gasteiger partial charge in [0, 0.05) is 25.0 Å². The van der Waals surface area contributed by atoms with Crippen LogP contribution in [0.25, 0.3) is 0 Å². The monoisotopic (exact) mass is 421 g/mol. The summed E-state index contributed by atoms with van der Waals surface area (Å²) < 4.78 is 0. The Morgan fingerprint density at radius 2 is 1.93 bits per heavy atom. The summed E-state index contributed by atoms with van der Waals surface area (Å²) in [5, 5.41) is 16.1. The first-order valence-corrected chi connectivity index (χ1v) is 10.7. The molecule has 30 heavy (non-hydrogen) atoms. The molecule has 154 valence electrons. The molecule has 0 spiro atoms. The summed E-state index contributed by atoms with van der Waals surface area (Å²) >= 11 is 1.38. The molecule has 1 aliphatic rings. The molecule has 1 aromatic carbocycles. The topological polar surface area (TPSA) is 82.5 Å². The van der Waals surface area contributed by atoms with Crippen molar-refractivity contribution in [3.8, 4) is 0 Å². The lowest BCUT2D eigenvalue weighted by Crippen LogP contribution is -2.62. The van der Waals surface area contributed by atoms with Crippen molar-refractivity contribution in [2.75, 3.05) is 13.1 Å². The maximum absolute atomic E-state index is 12.9. The highest BCUT2D eigenvalue weighted by molar-refractivity contribution is 7.12. The summed E-state index contributed by atoms with van der Waals surface area (Å²) in [5.74, 6) is -0.305. The summed E-state index contributed by atoms with van der Waals surface area (Å²) in [6.07, 6.45) is 1.26. The maximum Gasteiger partial charge on any atom is 0.264 e. The molecule has 1 fully saturated rings. The lowest BCUT2D eigenvalue weighted by atomic mass is 9.78. The molecule has 2 N–H and O–H groups in total. The number of benzene rings is 1. The first-order valence-electron chi connectivity index (χ1n) is 9.86. The molecule has 4 rings (SSSR count). The number of amides is 2. The number of β-amino-alcohol motifs (C(OH)–C–C–N with tert-alkyl or cyclic N) is 1. The van der Waals surface area contributed by atoms with Gasteiger partial charge >= 0.3 is 0 Å². The molecule has 1 saturated heterocycles. The lowest BCUT2D eigenvalue weighted by molar-refractivity contribution is -0.126. The number of aliphatic hydroxyl groups is 1. The number of piperidine rings is 1. The largest absolute Gasteiger partial charge is 0.388 e. The third kappa shape index (κ3) is 4.13. The molecule has 2 atom stereocenters. The van der Waals surface area contributed by atoms with Crippen molar-refractivity contribution in [2.45, 2.75) is 24.5 Å². The number of hydrogen-bond acceptors (Lipinski definition) is 5. The molecule has 6 nitrogen and oxygen atoms in total. The highest BCUT2D eigenvalue weighted by Gasteiger charge is 2.46. The predicted molar refractivity (Wildman–Crippen MR) is 115 cm³/mol. The number of nitrogens with one attached hydrogen (secondary N) is 1. The fourth-order valence-electron chi connectivity index (χ4n) is 3.92. The van der Waals surface area contributed by atoms with Crippen LogP contribution >= 0.6 is 11.3 Å². The molecular weight excluding hydrogens is 398 g/mol. The summed E-state index contributed by atoms with van der Waals surface area (Å²) in [6.45, 7) is 0.585. The van der Waals surface area contributed by atoms with Crippen LogP contribution < -0.4 is 5.32 Å². The Hall–Kier alpha value is -3.03. The van der Waals surface area contributed by atoms with Gasteiger partial charge in [-0.15, -0.1) is 11.3 Å². The maximum atomic E-state index is 12.9. The second kappa shape index (κ2) is 8.77. The number of pyridine rings is 1. The van der Waals surface area contributed by atoms with Gasteiger partial charge in [0.15, 0.2) is 0 Å². The minimum absolute atomic E-state index is 0.0921. The Bertz CT molecular complexity index is 995. The van der Waals surface area contributed by atoms with Crippen molar-refractivity contribution in [3.05, 3.63) is 88.4 Å². The van der Waals surface area contributed by atoms with E-state index in [-0.39, 0.29) is 24.8 Å². The third-order valence-corrected chi connectivity index (χ3v) is 6.33. The van der Waals surface area contributed by atoms with E-state index in [2.05, 4.69) is 10.3 Å². The zero-order valence-corrected chi connectivity index (χ0v) is 17.2. The van der Waals surface area contributed by atoms with Gasteiger partial charge in [-0.2, -0.15) is 0 Å². The molecule has 3 aromatic rings. The van der Waals surface area contributed by atoms with Gasteiger partial charge in [0.25, 0.3) is 5.91 Å². The van der Waals surface area contributed by atoms with Crippen LogP contribution in [0.15, 0.2) is 72.2 Å². The lowest BCUT2D eigenvalue weighted by Gasteiger charge is -2.46. The molecule has 0 saturated carbocycles. The van der Waals surface area contributed by atoms with Crippen LogP contribution in [0.4, 0.5) is 0 Å². The molecule has 1 aliphatic heterocycles. The van der Waals surface area contributed by atoms with E-state index in [1.165, 1.54) is 11.3 Å². The van der Waals surface area contributed by atoms with Gasteiger partial charge in [0.2, 0.25) is 5.91 Å². The zero-order chi connectivity index (χ0) is 21.0. The highest BCUT2D eigenvalue weighted by Crippen LogP contribution is 2.34. The number of aromatic nitrogens is 1. The van der Waals surface area contributed by atoms with E-state index in [1.807, 2.05) is 47.8 Å². The van der Waals surface area contributed by atoms with E-state index >= 15 is 0 Å². The fourth-order valence-corrected chi connectivity index (χ4v) is 4.62. The van der Waals surface area contributed by atoms with Gasteiger partial charge in [-0.05, 0) is 35.6 Å². The molecular formula is C23H23N3O3S. The average molecular weight is 422 g/mol. The summed E-state index contributed by atoms with van der Waals surface area (Å²) in [7, 11) is 0.